The number of nitrogens with zero attached hydrogens (tertiary/aromatic N) is 5. The van der Waals surface area contributed by atoms with Crippen molar-refractivity contribution in [2.24, 2.45) is 12.0 Å². The van der Waals surface area contributed by atoms with Gasteiger partial charge in [-0.2, -0.15) is 5.10 Å². The molecule has 2 atom stereocenters. The highest BCUT2D eigenvalue weighted by Gasteiger charge is 2.25. The average molecular weight is 476 g/mol. The Kier molecular flexibility index (Phi) is 8.62. The van der Waals surface area contributed by atoms with Crippen molar-refractivity contribution in [1.29, 1.82) is 0 Å². The first kappa shape index (κ1) is 21.4. The Morgan fingerprint density at radius 2 is 2.23 bits per heavy atom. The van der Waals surface area contributed by atoms with Gasteiger partial charge >= 0.3 is 0 Å². The largest absolute Gasteiger partial charge is 0.370 e. The third kappa shape index (κ3) is 5.56. The van der Waals surface area contributed by atoms with E-state index in [1.165, 1.54) is 25.8 Å². The number of hydrogen-bond acceptors (Lipinski definition) is 4. The fraction of sp³-hybridized carbons (Fsp3) is 0.778. The molecule has 1 aromatic rings. The quantitative estimate of drug-likeness (QED) is 0.409. The van der Waals surface area contributed by atoms with Crippen molar-refractivity contribution in [3.8, 4) is 0 Å². The summed E-state index contributed by atoms with van der Waals surface area (Å²) in [5.74, 6) is 0.974. The van der Waals surface area contributed by atoms with Crippen LogP contribution in [-0.2, 0) is 11.8 Å². The van der Waals surface area contributed by atoms with Gasteiger partial charge in [0.25, 0.3) is 0 Å². The molecule has 3 rings (SSSR count). The van der Waals surface area contributed by atoms with Crippen molar-refractivity contribution in [2.75, 3.05) is 46.4 Å². The van der Waals surface area contributed by atoms with Gasteiger partial charge in [-0.05, 0) is 26.3 Å². The van der Waals surface area contributed by atoms with E-state index in [2.05, 4.69) is 32.1 Å². The topological polar surface area (TPSA) is 57.9 Å². The normalized spacial score (nSPS) is 25.0. The molecule has 0 radical (unpaired) electrons. The molecule has 7 nitrogen and oxygen atoms in total. The van der Waals surface area contributed by atoms with Gasteiger partial charge in [-0.25, -0.2) is 0 Å². The first-order valence-corrected chi connectivity index (χ1v) is 9.47. The molecule has 2 aliphatic heterocycles. The molecule has 0 aliphatic carbocycles. The minimum Gasteiger partial charge on any atom is -0.370 e. The zero-order chi connectivity index (χ0) is 17.6. The van der Waals surface area contributed by atoms with Crippen LogP contribution in [0.25, 0.3) is 0 Å². The molecular weight excluding hydrogens is 443 g/mol. The van der Waals surface area contributed by atoms with Gasteiger partial charge in [-0.3, -0.25) is 14.6 Å². The lowest BCUT2D eigenvalue weighted by molar-refractivity contribution is -0.00807. The standard InChI is InChI=1S/C18H32N6O.HI/c1-15-6-4-5-8-23(15)9-7-20-18(19-2)24-10-11-25-17(14-24)16-12-21-22(3)13-16;/h12-13,15,17H,4-11,14H2,1-3H3,(H,19,20);1H. The van der Waals surface area contributed by atoms with Crippen LogP contribution in [0.2, 0.25) is 0 Å². The third-order valence-electron chi connectivity index (χ3n) is 5.30. The third-order valence-corrected chi connectivity index (χ3v) is 5.30. The van der Waals surface area contributed by atoms with Crippen LogP contribution in [0.5, 0.6) is 0 Å². The molecule has 2 saturated heterocycles. The maximum absolute atomic E-state index is 5.93. The first-order chi connectivity index (χ1) is 12.2. The summed E-state index contributed by atoms with van der Waals surface area (Å²) in [6.07, 6.45) is 8.00. The van der Waals surface area contributed by atoms with Crippen LogP contribution in [0, 0.1) is 0 Å². The van der Waals surface area contributed by atoms with Gasteiger partial charge in [0.2, 0.25) is 0 Å². The van der Waals surface area contributed by atoms with E-state index in [1.54, 1.807) is 0 Å². The van der Waals surface area contributed by atoms with Crippen molar-refractivity contribution in [3.05, 3.63) is 18.0 Å². The van der Waals surface area contributed by atoms with Gasteiger partial charge < -0.3 is 15.0 Å². The van der Waals surface area contributed by atoms with Crippen molar-refractivity contribution in [3.63, 3.8) is 0 Å². The summed E-state index contributed by atoms with van der Waals surface area (Å²) in [6, 6.07) is 0.705. The number of aryl methyl sites for hydroxylation is 1. The summed E-state index contributed by atoms with van der Waals surface area (Å²) in [7, 11) is 3.80. The summed E-state index contributed by atoms with van der Waals surface area (Å²) in [6.45, 7) is 7.98. The molecule has 1 N–H and O–H groups in total. The van der Waals surface area contributed by atoms with Crippen LogP contribution in [0.3, 0.4) is 0 Å². The van der Waals surface area contributed by atoms with Gasteiger partial charge in [-0.1, -0.05) is 6.42 Å². The SMILES string of the molecule is CN=C(NCCN1CCCCC1C)N1CCOC(c2cnn(C)c2)C1.I. The van der Waals surface area contributed by atoms with E-state index in [4.69, 9.17) is 4.74 Å². The number of guanidine groups is 1. The number of rotatable bonds is 4. The molecule has 3 heterocycles. The number of likely N-dealkylation sites (tertiary alicyclic amines) is 1. The van der Waals surface area contributed by atoms with E-state index in [-0.39, 0.29) is 30.1 Å². The number of ether oxygens (including phenoxy) is 1. The Hall–Kier alpha value is -0.870. The highest BCUT2D eigenvalue weighted by molar-refractivity contribution is 14.0. The smallest absolute Gasteiger partial charge is 0.193 e. The molecular formula is C18H33IN6O. The van der Waals surface area contributed by atoms with Crippen LogP contribution >= 0.6 is 24.0 Å². The number of aliphatic imine (C=N–C) groups is 1. The van der Waals surface area contributed by atoms with Crippen molar-refractivity contribution in [2.45, 2.75) is 38.3 Å². The average Bonchev–Trinajstić information content (AvgIpc) is 3.07. The molecule has 0 spiro atoms. The summed E-state index contributed by atoms with van der Waals surface area (Å²) in [5.41, 5.74) is 1.13. The predicted molar refractivity (Wildman–Crippen MR) is 115 cm³/mol. The van der Waals surface area contributed by atoms with Crippen molar-refractivity contribution in [1.82, 2.24) is 24.9 Å². The Morgan fingerprint density at radius 1 is 1.38 bits per heavy atom. The Bertz CT molecular complexity index is 578. The summed E-state index contributed by atoms with van der Waals surface area (Å²) in [5, 5.41) is 7.80. The molecule has 2 fully saturated rings. The number of morpholine rings is 1. The predicted octanol–water partition coefficient (Wildman–Crippen LogP) is 1.86. The number of piperidine rings is 1. The zero-order valence-electron chi connectivity index (χ0n) is 16.2. The van der Waals surface area contributed by atoms with Gasteiger partial charge in [0.1, 0.15) is 6.10 Å². The first-order valence-electron chi connectivity index (χ1n) is 9.47. The zero-order valence-corrected chi connectivity index (χ0v) is 18.6. The van der Waals surface area contributed by atoms with E-state index in [0.717, 1.165) is 37.7 Å². The van der Waals surface area contributed by atoms with Gasteiger partial charge in [0.15, 0.2) is 5.96 Å². The van der Waals surface area contributed by atoms with Crippen LogP contribution in [0.1, 0.15) is 37.9 Å². The van der Waals surface area contributed by atoms with Gasteiger partial charge in [0, 0.05) is 51.5 Å². The molecule has 0 amide bonds. The second-order valence-corrected chi connectivity index (χ2v) is 7.11. The van der Waals surface area contributed by atoms with E-state index < -0.39 is 0 Å². The lowest BCUT2D eigenvalue weighted by atomic mass is 10.0. The molecule has 1 aromatic heterocycles. The second kappa shape index (κ2) is 10.5. The van der Waals surface area contributed by atoms with E-state index in [1.807, 2.05) is 31.2 Å². The minimum absolute atomic E-state index is 0. The lowest BCUT2D eigenvalue weighted by Crippen LogP contribution is -2.50. The molecule has 148 valence electrons. The number of hydrogen-bond donors (Lipinski definition) is 1. The van der Waals surface area contributed by atoms with Crippen molar-refractivity contribution < 1.29 is 4.74 Å². The number of halogens is 1. The van der Waals surface area contributed by atoms with E-state index >= 15 is 0 Å². The molecule has 0 saturated carbocycles. The Labute approximate surface area is 174 Å². The number of aromatic nitrogens is 2. The van der Waals surface area contributed by atoms with E-state index in [0.29, 0.717) is 12.6 Å². The van der Waals surface area contributed by atoms with Crippen LogP contribution in [-0.4, -0.2) is 78.0 Å². The minimum atomic E-state index is 0. The molecule has 8 heteroatoms. The molecule has 26 heavy (non-hydrogen) atoms. The Balaban J connectivity index is 0.00000243. The van der Waals surface area contributed by atoms with Crippen molar-refractivity contribution >= 4 is 29.9 Å². The maximum atomic E-state index is 5.93. The molecule has 0 aromatic carbocycles. The van der Waals surface area contributed by atoms with Gasteiger partial charge in [0.05, 0.1) is 19.3 Å². The Morgan fingerprint density at radius 3 is 2.92 bits per heavy atom. The van der Waals surface area contributed by atoms with Crippen LogP contribution in [0.4, 0.5) is 0 Å². The maximum Gasteiger partial charge on any atom is 0.193 e. The lowest BCUT2D eigenvalue weighted by Gasteiger charge is -2.36. The van der Waals surface area contributed by atoms with E-state index in [9.17, 15) is 0 Å². The monoisotopic (exact) mass is 476 g/mol. The molecule has 2 unspecified atom stereocenters. The van der Waals surface area contributed by atoms with Crippen LogP contribution in [0.15, 0.2) is 17.4 Å². The summed E-state index contributed by atoms with van der Waals surface area (Å²) < 4.78 is 7.75. The fourth-order valence-corrected chi connectivity index (χ4v) is 3.78. The van der Waals surface area contributed by atoms with Crippen LogP contribution < -0.4 is 5.32 Å². The highest BCUT2D eigenvalue weighted by atomic mass is 127. The molecule has 0 bridgehead atoms. The van der Waals surface area contributed by atoms with Gasteiger partial charge in [-0.15, -0.1) is 24.0 Å². The summed E-state index contributed by atoms with van der Waals surface area (Å²) >= 11 is 0. The second-order valence-electron chi connectivity index (χ2n) is 7.11. The highest BCUT2D eigenvalue weighted by Crippen LogP contribution is 2.21. The summed E-state index contributed by atoms with van der Waals surface area (Å²) in [4.78, 5) is 9.36. The molecule has 2 aliphatic rings. The fourth-order valence-electron chi connectivity index (χ4n) is 3.78. The number of nitrogens with one attached hydrogen (secondary N) is 1.